The van der Waals surface area contributed by atoms with E-state index in [1.165, 1.54) is 0 Å². The number of ether oxygens (including phenoxy) is 1. The molecule has 0 unspecified atom stereocenters. The van der Waals surface area contributed by atoms with E-state index in [0.717, 1.165) is 24.8 Å². The van der Waals surface area contributed by atoms with Crippen molar-refractivity contribution in [2.75, 3.05) is 0 Å². The van der Waals surface area contributed by atoms with Crippen molar-refractivity contribution < 1.29 is 14.4 Å². The number of aliphatic hydroxyl groups is 1. The van der Waals surface area contributed by atoms with Crippen LogP contribution in [0.1, 0.15) is 24.8 Å². The van der Waals surface area contributed by atoms with Crippen molar-refractivity contribution in [3.05, 3.63) is 30.1 Å². The summed E-state index contributed by atoms with van der Waals surface area (Å²) < 4.78 is 13.0. The molecule has 25 heavy (non-hydrogen) atoms. The second kappa shape index (κ2) is 5.13. The molecule has 1 atom stereocenters. The molecule has 0 radical (unpaired) electrons. The van der Waals surface area contributed by atoms with Crippen molar-refractivity contribution in [3.63, 3.8) is 0 Å². The monoisotopic (exact) mass is 339 g/mol. The Bertz CT molecular complexity index is 943. The van der Waals surface area contributed by atoms with Crippen LogP contribution < -0.4 is 4.74 Å². The third-order valence-corrected chi connectivity index (χ3v) is 5.06. The lowest BCUT2D eigenvalue weighted by atomic mass is 9.73. The van der Waals surface area contributed by atoms with Gasteiger partial charge >= 0.3 is 0 Å². The van der Waals surface area contributed by atoms with Gasteiger partial charge in [-0.2, -0.15) is 10.1 Å². The van der Waals surface area contributed by atoms with Crippen LogP contribution in [0.25, 0.3) is 23.0 Å². The molecule has 0 amide bonds. The lowest BCUT2D eigenvalue weighted by molar-refractivity contribution is -0.118. The van der Waals surface area contributed by atoms with E-state index in [9.17, 15) is 5.11 Å². The number of hydrogen-bond donors (Lipinski definition) is 1. The summed E-state index contributed by atoms with van der Waals surface area (Å²) in [6.07, 6.45) is 6.36. The molecule has 1 fully saturated rings. The van der Waals surface area contributed by atoms with E-state index in [2.05, 4.69) is 20.2 Å². The van der Waals surface area contributed by atoms with Gasteiger partial charge in [-0.05, 0) is 31.4 Å². The van der Waals surface area contributed by atoms with Crippen LogP contribution in [0.4, 0.5) is 0 Å². The predicted molar refractivity (Wildman–Crippen MR) is 86.7 cm³/mol. The van der Waals surface area contributed by atoms with Crippen molar-refractivity contribution >= 4 is 0 Å². The van der Waals surface area contributed by atoms with Gasteiger partial charge in [0.25, 0.3) is 5.89 Å². The van der Waals surface area contributed by atoms with Crippen molar-refractivity contribution in [2.45, 2.75) is 37.4 Å². The average molecular weight is 339 g/mol. The summed E-state index contributed by atoms with van der Waals surface area (Å²) in [6.45, 7) is 0. The van der Waals surface area contributed by atoms with E-state index in [1.807, 2.05) is 25.4 Å². The molecule has 2 aliphatic rings. The fourth-order valence-corrected chi connectivity index (χ4v) is 3.45. The van der Waals surface area contributed by atoms with Crippen LogP contribution in [0.15, 0.2) is 29.0 Å². The lowest BCUT2D eigenvalue weighted by Gasteiger charge is -2.47. The number of fused-ring (bicyclic) bond motifs is 1. The van der Waals surface area contributed by atoms with Gasteiger partial charge in [-0.1, -0.05) is 5.16 Å². The molecule has 0 aromatic carbocycles. The molecule has 3 aromatic heterocycles. The quantitative estimate of drug-likeness (QED) is 0.759. The highest BCUT2D eigenvalue weighted by Crippen LogP contribution is 2.44. The van der Waals surface area contributed by atoms with Crippen molar-refractivity contribution in [1.82, 2.24) is 24.9 Å². The van der Waals surface area contributed by atoms with E-state index in [4.69, 9.17) is 9.26 Å². The maximum atomic E-state index is 10.4. The topological polar surface area (TPSA) is 99.1 Å². The minimum absolute atomic E-state index is 0.370. The molecular formula is C17H17N5O3. The number of aryl methyl sites for hydroxylation is 1. The summed E-state index contributed by atoms with van der Waals surface area (Å²) in [5, 5.41) is 18.7. The van der Waals surface area contributed by atoms with Crippen LogP contribution in [0.2, 0.25) is 0 Å². The Hall–Kier alpha value is -2.74. The summed E-state index contributed by atoms with van der Waals surface area (Å²) in [4.78, 5) is 8.80. The van der Waals surface area contributed by atoms with Crippen molar-refractivity contribution in [2.24, 2.45) is 7.05 Å². The molecule has 1 spiro atoms. The van der Waals surface area contributed by atoms with Crippen LogP contribution in [0.5, 0.6) is 5.88 Å². The third kappa shape index (κ3) is 2.25. The van der Waals surface area contributed by atoms with Gasteiger partial charge < -0.3 is 14.4 Å². The van der Waals surface area contributed by atoms with E-state index >= 15 is 0 Å². The first-order valence-electron chi connectivity index (χ1n) is 8.33. The Morgan fingerprint density at radius 3 is 2.96 bits per heavy atom. The molecule has 4 heterocycles. The van der Waals surface area contributed by atoms with Gasteiger partial charge in [0.1, 0.15) is 11.3 Å². The van der Waals surface area contributed by atoms with E-state index in [-0.39, 0.29) is 0 Å². The Balaban J connectivity index is 1.46. The van der Waals surface area contributed by atoms with Gasteiger partial charge in [0.05, 0.1) is 11.7 Å². The summed E-state index contributed by atoms with van der Waals surface area (Å²) in [6, 6.07) is 3.72. The Labute approximate surface area is 143 Å². The van der Waals surface area contributed by atoms with Crippen LogP contribution in [-0.2, 0) is 13.5 Å². The molecule has 8 heteroatoms. The van der Waals surface area contributed by atoms with Crippen LogP contribution in [-0.4, -0.2) is 41.7 Å². The predicted octanol–water partition coefficient (Wildman–Crippen LogP) is 1.75. The van der Waals surface area contributed by atoms with E-state index in [0.29, 0.717) is 35.3 Å². The maximum absolute atomic E-state index is 10.4. The highest BCUT2D eigenvalue weighted by atomic mass is 16.5. The standard InChI is InChI=1S/C17H17N5O3/c1-22-6-3-12(20-22)14-19-16(25-21-14)11-7-10-8-13(23)17(4-2-5-17)24-15(10)18-9-11/h3,6-7,9,13,23H,2,4-5,8H2,1H3/t13-/m0/s1. The average Bonchev–Trinajstić information content (AvgIpc) is 3.21. The van der Waals surface area contributed by atoms with Crippen LogP contribution in [0, 0.1) is 0 Å². The first-order valence-corrected chi connectivity index (χ1v) is 8.33. The number of hydrogen-bond acceptors (Lipinski definition) is 7. The largest absolute Gasteiger partial charge is 0.468 e. The minimum Gasteiger partial charge on any atom is -0.468 e. The molecular weight excluding hydrogens is 322 g/mol. The first-order chi connectivity index (χ1) is 12.1. The second-order valence-electron chi connectivity index (χ2n) is 6.73. The minimum atomic E-state index is -0.502. The van der Waals surface area contributed by atoms with Crippen LogP contribution >= 0.6 is 0 Å². The zero-order chi connectivity index (χ0) is 17.0. The molecule has 8 nitrogen and oxygen atoms in total. The fourth-order valence-electron chi connectivity index (χ4n) is 3.45. The van der Waals surface area contributed by atoms with Crippen LogP contribution in [0.3, 0.4) is 0 Å². The molecule has 3 aromatic rings. The lowest BCUT2D eigenvalue weighted by Crippen LogP contribution is -2.56. The van der Waals surface area contributed by atoms with Gasteiger partial charge in [-0.15, -0.1) is 0 Å². The highest BCUT2D eigenvalue weighted by molar-refractivity contribution is 5.58. The Kier molecular flexibility index (Phi) is 2.99. The third-order valence-electron chi connectivity index (χ3n) is 5.06. The normalized spacial score (nSPS) is 20.8. The summed E-state index contributed by atoms with van der Waals surface area (Å²) in [7, 11) is 1.83. The van der Waals surface area contributed by atoms with Gasteiger partial charge in [-0.3, -0.25) is 4.68 Å². The number of rotatable bonds is 2. The second-order valence-corrected chi connectivity index (χ2v) is 6.73. The summed E-state index contributed by atoms with van der Waals surface area (Å²) in [5.74, 6) is 1.39. The molecule has 1 aliphatic carbocycles. The summed E-state index contributed by atoms with van der Waals surface area (Å²) >= 11 is 0. The molecule has 1 saturated carbocycles. The van der Waals surface area contributed by atoms with Crippen molar-refractivity contribution in [1.29, 1.82) is 0 Å². The van der Waals surface area contributed by atoms with E-state index in [1.54, 1.807) is 10.9 Å². The zero-order valence-electron chi connectivity index (χ0n) is 13.7. The molecule has 128 valence electrons. The molecule has 0 bridgehead atoms. The zero-order valence-corrected chi connectivity index (χ0v) is 13.7. The number of aliphatic hydroxyl groups excluding tert-OH is 1. The number of aromatic nitrogens is 5. The molecule has 5 rings (SSSR count). The van der Waals surface area contributed by atoms with Gasteiger partial charge in [0.15, 0.2) is 0 Å². The van der Waals surface area contributed by atoms with Gasteiger partial charge in [-0.25, -0.2) is 4.98 Å². The van der Waals surface area contributed by atoms with Crippen molar-refractivity contribution in [3.8, 4) is 28.9 Å². The SMILES string of the molecule is Cn1ccc(-c2noc(-c3cnc4c(c3)C[C@H](O)C3(CCC3)O4)n2)n1. The first kappa shape index (κ1) is 14.6. The smallest absolute Gasteiger partial charge is 0.259 e. The molecule has 1 N–H and O–H groups in total. The van der Waals surface area contributed by atoms with E-state index < -0.39 is 11.7 Å². The Morgan fingerprint density at radius 2 is 2.24 bits per heavy atom. The number of nitrogens with zero attached hydrogens (tertiary/aromatic N) is 5. The summed E-state index contributed by atoms with van der Waals surface area (Å²) in [5.41, 5.74) is 1.78. The fraction of sp³-hybridized carbons (Fsp3) is 0.412. The molecule has 0 saturated heterocycles. The maximum Gasteiger partial charge on any atom is 0.259 e. The highest BCUT2D eigenvalue weighted by Gasteiger charge is 2.49. The van der Waals surface area contributed by atoms with Gasteiger partial charge in [0, 0.05) is 31.4 Å². The number of pyridine rings is 1. The molecule has 1 aliphatic heterocycles. The Morgan fingerprint density at radius 1 is 1.36 bits per heavy atom. The van der Waals surface area contributed by atoms with Gasteiger partial charge in [0.2, 0.25) is 11.7 Å².